The summed E-state index contributed by atoms with van der Waals surface area (Å²) in [5.41, 5.74) is 3.80. The van der Waals surface area contributed by atoms with E-state index in [2.05, 4.69) is 100 Å². The second kappa shape index (κ2) is 9.18. The Kier molecular flexibility index (Phi) is 6.30. The Labute approximate surface area is 218 Å². The molecule has 1 aliphatic rings. The van der Waals surface area contributed by atoms with Gasteiger partial charge in [0, 0.05) is 39.5 Å². The monoisotopic (exact) mass is 670 g/mol. The minimum Gasteiger partial charge on any atom is -0.247 e. The van der Waals surface area contributed by atoms with Gasteiger partial charge in [0.25, 0.3) is 0 Å². The van der Waals surface area contributed by atoms with Crippen molar-refractivity contribution in [3.05, 3.63) is 135 Å². The molecule has 6 heteroatoms. The largest absolute Gasteiger partial charge is 0.247 e. The third-order valence-electron chi connectivity index (χ3n) is 5.09. The third kappa shape index (κ3) is 4.46. The maximum atomic E-state index is 5.19. The van der Waals surface area contributed by atoms with Gasteiger partial charge in [0.1, 0.15) is 0 Å². The van der Waals surface area contributed by atoms with Gasteiger partial charge in [-0.25, -0.2) is 9.98 Å². The molecule has 0 spiro atoms. The van der Waals surface area contributed by atoms with Crippen LogP contribution in [-0.4, -0.2) is 0 Å². The molecule has 0 amide bonds. The van der Waals surface area contributed by atoms with Crippen molar-refractivity contribution in [2.75, 3.05) is 0 Å². The molecule has 1 aliphatic heterocycles. The summed E-state index contributed by atoms with van der Waals surface area (Å²) < 4.78 is 3.97. The van der Waals surface area contributed by atoms with Crippen molar-refractivity contribution in [2.45, 2.75) is 0 Å². The zero-order valence-corrected chi connectivity index (χ0v) is 22.8. The van der Waals surface area contributed by atoms with Crippen LogP contribution in [0.5, 0.6) is 0 Å². The quantitative estimate of drug-likeness (QED) is 0.250. The van der Waals surface area contributed by atoms with Gasteiger partial charge in [0.15, 0.2) is 0 Å². The molecule has 0 bridgehead atoms. The Morgan fingerprint density at radius 1 is 0.438 bits per heavy atom. The molecule has 2 nitrogen and oxygen atoms in total. The molecule has 4 aromatic carbocycles. The van der Waals surface area contributed by atoms with Crippen molar-refractivity contribution in [1.29, 1.82) is 0 Å². The summed E-state index contributed by atoms with van der Waals surface area (Å²) in [4.78, 5) is 10.4. The summed E-state index contributed by atoms with van der Waals surface area (Å²) >= 11 is 14.5. The molecule has 156 valence electrons. The number of fused-ring (bicyclic) bond motifs is 2. The molecule has 1 heterocycles. The van der Waals surface area contributed by atoms with E-state index >= 15 is 0 Å². The van der Waals surface area contributed by atoms with E-state index in [-0.39, 0.29) is 0 Å². The number of hydrogen-bond donors (Lipinski definition) is 0. The number of benzene rings is 4. The molecule has 0 unspecified atom stereocenters. The van der Waals surface area contributed by atoms with Crippen molar-refractivity contribution in [2.24, 2.45) is 9.98 Å². The summed E-state index contributed by atoms with van der Waals surface area (Å²) in [6.07, 6.45) is 0. The van der Waals surface area contributed by atoms with Crippen LogP contribution in [0.2, 0.25) is 0 Å². The molecule has 0 aliphatic carbocycles. The van der Waals surface area contributed by atoms with Crippen LogP contribution in [0.3, 0.4) is 0 Å². The van der Waals surface area contributed by atoms with Crippen LogP contribution < -0.4 is 21.2 Å². The van der Waals surface area contributed by atoms with Crippen LogP contribution >= 0.6 is 63.7 Å². The zero-order chi connectivity index (χ0) is 22.2. The van der Waals surface area contributed by atoms with Crippen molar-refractivity contribution < 1.29 is 0 Å². The van der Waals surface area contributed by atoms with Crippen molar-refractivity contribution >= 4 is 75.1 Å². The van der Waals surface area contributed by atoms with E-state index in [4.69, 9.17) is 9.98 Å². The summed E-state index contributed by atoms with van der Waals surface area (Å²) in [6, 6.07) is 28.7. The molecule has 0 aromatic heterocycles. The Bertz CT molecular complexity index is 1500. The van der Waals surface area contributed by atoms with E-state index in [0.29, 0.717) is 0 Å². The highest BCUT2D eigenvalue weighted by atomic mass is 79.9. The van der Waals surface area contributed by atoms with Crippen LogP contribution in [0.1, 0.15) is 11.1 Å². The first-order valence-electron chi connectivity index (χ1n) is 9.77. The van der Waals surface area contributed by atoms with Crippen LogP contribution in [0.25, 0.3) is 11.4 Å². The lowest BCUT2D eigenvalue weighted by molar-refractivity contribution is 1.19. The number of nitrogens with zero attached hydrogens (tertiary/aromatic N) is 2. The average Bonchev–Trinajstić information content (AvgIpc) is 2.76. The van der Waals surface area contributed by atoms with E-state index in [0.717, 1.165) is 61.6 Å². The van der Waals surface area contributed by atoms with Crippen molar-refractivity contribution in [3.63, 3.8) is 0 Å². The van der Waals surface area contributed by atoms with Gasteiger partial charge in [-0.15, -0.1) is 0 Å². The first-order chi connectivity index (χ1) is 15.5. The normalized spacial score (nSPS) is 12.8. The lowest BCUT2D eigenvalue weighted by Gasteiger charge is -2.10. The summed E-state index contributed by atoms with van der Waals surface area (Å²) in [7, 11) is 0. The van der Waals surface area contributed by atoms with Gasteiger partial charge in [-0.2, -0.15) is 0 Å². The molecule has 0 atom stereocenters. The highest BCUT2D eigenvalue weighted by Gasteiger charge is 2.11. The van der Waals surface area contributed by atoms with E-state index in [1.165, 1.54) is 0 Å². The molecule has 4 aromatic rings. The Balaban J connectivity index is 2.00. The van der Waals surface area contributed by atoms with Crippen LogP contribution in [0.4, 0.5) is 0 Å². The Morgan fingerprint density at radius 3 is 1.25 bits per heavy atom. The zero-order valence-electron chi connectivity index (χ0n) is 16.5. The predicted octanol–water partition coefficient (Wildman–Crippen LogP) is 6.00. The van der Waals surface area contributed by atoms with E-state index in [9.17, 15) is 0 Å². The lowest BCUT2D eigenvalue weighted by atomic mass is 10.1. The number of rotatable bonds is 2. The van der Waals surface area contributed by atoms with Gasteiger partial charge < -0.3 is 0 Å². The molecule has 0 saturated carbocycles. The number of hydrogen-bond acceptors (Lipinski definition) is 2. The van der Waals surface area contributed by atoms with Crippen LogP contribution in [-0.2, 0) is 0 Å². The van der Waals surface area contributed by atoms with Gasteiger partial charge in [0.2, 0.25) is 0 Å². The van der Waals surface area contributed by atoms with E-state index in [1.807, 2.05) is 48.5 Å². The second-order valence-corrected chi connectivity index (χ2v) is 10.9. The van der Waals surface area contributed by atoms with Crippen LogP contribution in [0.15, 0.2) is 113 Å². The topological polar surface area (TPSA) is 24.7 Å². The molecule has 32 heavy (non-hydrogen) atoms. The lowest BCUT2D eigenvalue weighted by Crippen LogP contribution is -2.34. The standard InChI is InChI=1S/C26H14Br4N2/c27-17-5-1-3-15(11-17)25-21-13-19(29)7-9-23(21)32-26(16-4-2-6-18(28)12-16)22-14-20(30)8-10-24(22)31-25/h1-14H. The second-order valence-electron chi connectivity index (χ2n) is 7.26. The molecule has 5 rings (SSSR count). The molecule has 0 radical (unpaired) electrons. The minimum atomic E-state index is 0.868. The van der Waals surface area contributed by atoms with Gasteiger partial charge in [-0.05, 0) is 60.7 Å². The maximum Gasteiger partial charge on any atom is 0.0804 e. The fraction of sp³-hybridized carbons (Fsp3) is 0. The SMILES string of the molecule is Brc1cccc(C2=c3cc(Br)ccc3=NC(c3cccc(Br)c3)=c3cc(Br)ccc3=N2)c1. The smallest absolute Gasteiger partial charge is 0.0804 e. The first-order valence-corrected chi connectivity index (χ1v) is 12.9. The molecule has 0 saturated heterocycles. The first kappa shape index (κ1) is 22.0. The maximum absolute atomic E-state index is 5.19. The van der Waals surface area contributed by atoms with Gasteiger partial charge in [-0.3, -0.25) is 0 Å². The van der Waals surface area contributed by atoms with E-state index < -0.39 is 0 Å². The average molecular weight is 674 g/mol. The Morgan fingerprint density at radius 2 is 0.844 bits per heavy atom. The Hall–Kier alpha value is -1.86. The highest BCUT2D eigenvalue weighted by molar-refractivity contribution is 9.11. The van der Waals surface area contributed by atoms with Gasteiger partial charge in [-0.1, -0.05) is 88.0 Å². The fourth-order valence-electron chi connectivity index (χ4n) is 3.66. The molecule has 0 N–H and O–H groups in total. The molecular formula is C26H14Br4N2. The van der Waals surface area contributed by atoms with Gasteiger partial charge >= 0.3 is 0 Å². The minimum absolute atomic E-state index is 0.868. The molecule has 0 fully saturated rings. The summed E-state index contributed by atoms with van der Waals surface area (Å²) in [5.74, 6) is 0. The summed E-state index contributed by atoms with van der Waals surface area (Å²) in [5, 5.41) is 3.68. The fourth-order valence-corrected chi connectivity index (χ4v) is 5.18. The molecular weight excluding hydrogens is 660 g/mol. The van der Waals surface area contributed by atoms with Gasteiger partial charge in [0.05, 0.1) is 22.1 Å². The van der Waals surface area contributed by atoms with Crippen molar-refractivity contribution in [1.82, 2.24) is 0 Å². The van der Waals surface area contributed by atoms with E-state index in [1.54, 1.807) is 0 Å². The highest BCUT2D eigenvalue weighted by Crippen LogP contribution is 2.21. The third-order valence-corrected chi connectivity index (χ3v) is 7.06. The van der Waals surface area contributed by atoms with Crippen LogP contribution in [0, 0.1) is 0 Å². The van der Waals surface area contributed by atoms with Crippen molar-refractivity contribution in [3.8, 4) is 0 Å². The summed E-state index contributed by atoms with van der Waals surface area (Å²) in [6.45, 7) is 0. The number of halogens is 4. The predicted molar refractivity (Wildman–Crippen MR) is 143 cm³/mol.